The van der Waals surface area contributed by atoms with Gasteiger partial charge in [-0.1, -0.05) is 6.92 Å². The lowest BCUT2D eigenvalue weighted by Gasteiger charge is -2.11. The van der Waals surface area contributed by atoms with Gasteiger partial charge in [0.2, 0.25) is 17.7 Å². The summed E-state index contributed by atoms with van der Waals surface area (Å²) in [6, 6.07) is 2.83. The van der Waals surface area contributed by atoms with Crippen molar-refractivity contribution in [2.24, 2.45) is 0 Å². The van der Waals surface area contributed by atoms with E-state index in [0.717, 1.165) is 6.42 Å². The third-order valence-corrected chi connectivity index (χ3v) is 8.15. The molecule has 0 aliphatic carbocycles. The molecule has 13 N–H and O–H groups in total. The molecule has 0 aliphatic heterocycles. The second kappa shape index (κ2) is 20.2. The first-order valence-electron chi connectivity index (χ1n) is 18.2. The third kappa shape index (κ3) is 12.7. The van der Waals surface area contributed by atoms with Gasteiger partial charge >= 0.3 is 0 Å². The number of rotatable bonds is 20. The van der Waals surface area contributed by atoms with Gasteiger partial charge in [0, 0.05) is 69.7 Å². The van der Waals surface area contributed by atoms with Crippen molar-refractivity contribution in [3.8, 4) is 0 Å². The second-order valence-electron chi connectivity index (χ2n) is 12.7. The van der Waals surface area contributed by atoms with Gasteiger partial charge in [0.25, 0.3) is 29.5 Å². The number of carbonyl (C=O) groups is 8. The summed E-state index contributed by atoms with van der Waals surface area (Å²) in [5.74, 6) is -3.70. The highest BCUT2D eigenvalue weighted by molar-refractivity contribution is 6.04. The summed E-state index contributed by atoms with van der Waals surface area (Å²) in [6.45, 7) is 3.87. The largest absolute Gasteiger partial charge is 0.355 e. The summed E-state index contributed by atoms with van der Waals surface area (Å²) >= 11 is 0. The molecule has 0 saturated heterocycles. The Morgan fingerprint density at radius 2 is 1.05 bits per heavy atom. The molecular weight excluding hydrogens is 772 g/mol. The Morgan fingerprint density at radius 3 is 1.54 bits per heavy atom. The molecule has 1 unspecified atom stereocenters. The van der Waals surface area contributed by atoms with Crippen molar-refractivity contribution < 1.29 is 38.4 Å². The second-order valence-corrected chi connectivity index (χ2v) is 12.7. The highest BCUT2D eigenvalue weighted by atomic mass is 16.2. The summed E-state index contributed by atoms with van der Waals surface area (Å²) in [5.41, 5.74) is 0.829. The molecule has 5 heterocycles. The number of hydrogen-bond donors (Lipinski definition) is 13. The van der Waals surface area contributed by atoms with Crippen molar-refractivity contribution in [1.29, 1.82) is 0 Å². The summed E-state index contributed by atoms with van der Waals surface area (Å²) < 4.78 is 0. The van der Waals surface area contributed by atoms with E-state index in [1.807, 2.05) is 13.8 Å². The van der Waals surface area contributed by atoms with Gasteiger partial charge in [-0.3, -0.25) is 38.4 Å². The fourth-order valence-corrected chi connectivity index (χ4v) is 4.98. The van der Waals surface area contributed by atoms with E-state index in [0.29, 0.717) is 5.69 Å². The number of nitrogens with one attached hydrogen (secondary N) is 13. The predicted molar refractivity (Wildman–Crippen MR) is 209 cm³/mol. The topological polar surface area (TPSA) is 350 Å². The molecule has 0 saturated carbocycles. The van der Waals surface area contributed by atoms with Gasteiger partial charge < -0.3 is 67.5 Å². The van der Waals surface area contributed by atoms with Crippen molar-refractivity contribution in [2.45, 2.75) is 45.6 Å². The molecule has 0 fully saturated rings. The van der Waals surface area contributed by atoms with Crippen LogP contribution in [0.3, 0.4) is 0 Å². The normalized spacial score (nSPS) is 11.2. The molecule has 0 spiro atoms. The summed E-state index contributed by atoms with van der Waals surface area (Å²) in [5, 5.41) is 20.8. The highest BCUT2D eigenvalue weighted by Crippen LogP contribution is 2.13. The van der Waals surface area contributed by atoms with E-state index in [4.69, 9.17) is 0 Å². The summed E-state index contributed by atoms with van der Waals surface area (Å²) in [7, 11) is 0. The first-order valence-corrected chi connectivity index (χ1v) is 18.2. The van der Waals surface area contributed by atoms with Crippen molar-refractivity contribution in [2.75, 3.05) is 40.9 Å². The van der Waals surface area contributed by atoms with E-state index in [1.54, 1.807) is 0 Å². The Bertz CT molecular complexity index is 2280. The van der Waals surface area contributed by atoms with Crippen molar-refractivity contribution in [3.63, 3.8) is 0 Å². The van der Waals surface area contributed by atoms with Crippen LogP contribution in [0.1, 0.15) is 92.4 Å². The Morgan fingerprint density at radius 1 is 0.576 bits per heavy atom. The SMILES string of the molecule is CCC(C)NC(=O)CCNC(=O)c1ncc(NC(=O)CCNC(=O)c2cc(NC(=O)c3ncc(NC(=O)CCNC(=O)c4cc(NC(=O)c5ncc[nH]5)c[nH]4)[nH]3)c[nH]2)[nH]1. The van der Waals surface area contributed by atoms with E-state index in [2.05, 4.69) is 82.4 Å². The Labute approximate surface area is 334 Å². The van der Waals surface area contributed by atoms with Crippen LogP contribution >= 0.6 is 0 Å². The molecule has 5 aromatic rings. The monoisotopic (exact) mass is 814 g/mol. The van der Waals surface area contributed by atoms with Gasteiger partial charge in [0.05, 0.1) is 23.8 Å². The first-order chi connectivity index (χ1) is 28.4. The number of hydrogen-bond acceptors (Lipinski definition) is 11. The zero-order valence-corrected chi connectivity index (χ0v) is 31.8. The van der Waals surface area contributed by atoms with Crippen LogP contribution in [-0.2, 0) is 14.4 Å². The van der Waals surface area contributed by atoms with Crippen LogP contribution in [-0.4, -0.2) is 113 Å². The summed E-state index contributed by atoms with van der Waals surface area (Å²) in [6.07, 6.45) is 8.90. The molecule has 0 aliphatic rings. The molecule has 0 bridgehead atoms. The maximum Gasteiger partial charge on any atom is 0.291 e. The number of imidazole rings is 3. The highest BCUT2D eigenvalue weighted by Gasteiger charge is 2.17. The number of anilines is 4. The number of carbonyl (C=O) groups excluding carboxylic acids is 8. The number of aromatic nitrogens is 8. The zero-order chi connectivity index (χ0) is 42.3. The lowest BCUT2D eigenvalue weighted by Crippen LogP contribution is -2.35. The molecule has 8 amide bonds. The van der Waals surface area contributed by atoms with Gasteiger partial charge in [0.1, 0.15) is 23.0 Å². The van der Waals surface area contributed by atoms with E-state index in [1.165, 1.54) is 49.3 Å². The first kappa shape index (κ1) is 42.1. The molecule has 1 atom stereocenters. The minimum Gasteiger partial charge on any atom is -0.355 e. The minimum absolute atomic E-state index is 0.0209. The Hall–Kier alpha value is -8.05. The fraction of sp³-hybridized carbons (Fsp3) is 0.286. The van der Waals surface area contributed by atoms with Gasteiger partial charge in [-0.2, -0.15) is 0 Å². The average Bonchev–Trinajstić information content (AvgIpc) is 4.06. The van der Waals surface area contributed by atoms with Crippen LogP contribution in [0.25, 0.3) is 0 Å². The molecule has 0 aromatic carbocycles. The maximum atomic E-state index is 12.7. The molecular formula is C35H42N16O8. The number of H-pyrrole nitrogens is 5. The Balaban J connectivity index is 0.960. The third-order valence-electron chi connectivity index (χ3n) is 8.15. The summed E-state index contributed by atoms with van der Waals surface area (Å²) in [4.78, 5) is 124. The maximum absolute atomic E-state index is 12.7. The van der Waals surface area contributed by atoms with E-state index in [9.17, 15) is 38.4 Å². The van der Waals surface area contributed by atoms with Gasteiger partial charge in [-0.25, -0.2) is 15.0 Å². The van der Waals surface area contributed by atoms with Gasteiger partial charge in [-0.05, 0) is 25.5 Å². The van der Waals surface area contributed by atoms with E-state index in [-0.39, 0.29) is 97.0 Å². The smallest absolute Gasteiger partial charge is 0.291 e. The molecule has 24 heteroatoms. The molecule has 5 aromatic heterocycles. The van der Waals surface area contributed by atoms with Crippen LogP contribution in [0.5, 0.6) is 0 Å². The van der Waals surface area contributed by atoms with Crippen LogP contribution in [0.2, 0.25) is 0 Å². The molecule has 59 heavy (non-hydrogen) atoms. The molecule has 24 nitrogen and oxygen atoms in total. The molecule has 5 rings (SSSR count). The van der Waals surface area contributed by atoms with Crippen LogP contribution in [0, 0.1) is 0 Å². The van der Waals surface area contributed by atoms with Crippen LogP contribution < -0.4 is 42.5 Å². The lowest BCUT2D eigenvalue weighted by atomic mass is 10.2. The number of aromatic amines is 5. The predicted octanol–water partition coefficient (Wildman–Crippen LogP) is 0.569. The standard InChI is InChI=1S/C35H42N16O8/c1-3-18(2)45-25(52)4-9-40-33(57)29-43-16-23(50-29)48-26(53)5-7-39-32(56)22-13-20(15-42-22)47-35(59)30-44-17-24(51-30)49-27(54)6-8-38-31(55)21-12-19(14-41-21)46-34(58)28-36-10-11-37-28/h10-18,41-42H,3-9H2,1-2H3,(H,36,37)(H,38,55)(H,39,56)(H,40,57)(H,43,50)(H,44,51)(H,45,52)(H,46,58)(H,47,59)(H,48,53)(H,49,54). The minimum atomic E-state index is -0.671. The van der Waals surface area contributed by atoms with E-state index >= 15 is 0 Å². The quantitative estimate of drug-likeness (QED) is 0.0515. The van der Waals surface area contributed by atoms with Crippen LogP contribution in [0.15, 0.2) is 49.3 Å². The van der Waals surface area contributed by atoms with Gasteiger partial charge in [-0.15, -0.1) is 0 Å². The van der Waals surface area contributed by atoms with Crippen LogP contribution in [0.4, 0.5) is 23.0 Å². The van der Waals surface area contributed by atoms with Gasteiger partial charge in [0.15, 0.2) is 17.5 Å². The molecule has 310 valence electrons. The fourth-order valence-electron chi connectivity index (χ4n) is 4.98. The average molecular weight is 815 g/mol. The van der Waals surface area contributed by atoms with Crippen molar-refractivity contribution >= 4 is 70.3 Å². The molecule has 0 radical (unpaired) electrons. The lowest BCUT2D eigenvalue weighted by molar-refractivity contribution is -0.121. The zero-order valence-electron chi connectivity index (χ0n) is 31.8. The van der Waals surface area contributed by atoms with E-state index < -0.39 is 41.4 Å². The van der Waals surface area contributed by atoms with Crippen molar-refractivity contribution in [1.82, 2.24) is 61.1 Å². The Kier molecular flexibility index (Phi) is 14.4. The number of amides is 8. The number of nitrogens with zero attached hydrogens (tertiary/aromatic N) is 3. The van der Waals surface area contributed by atoms with Crippen molar-refractivity contribution in [3.05, 3.63) is 78.2 Å².